The van der Waals surface area contributed by atoms with Crippen LogP contribution in [-0.2, 0) is 14.3 Å². The second-order valence-electron chi connectivity index (χ2n) is 5.34. The first-order valence-corrected chi connectivity index (χ1v) is 9.05. The van der Waals surface area contributed by atoms with Crippen LogP contribution in [0.15, 0.2) is 0 Å². The van der Waals surface area contributed by atoms with E-state index in [4.69, 9.17) is 10.5 Å². The molecule has 0 aromatic carbocycles. The highest BCUT2D eigenvalue weighted by Crippen LogP contribution is 2.20. The normalized spacial score (nSPS) is 20.1. The van der Waals surface area contributed by atoms with Gasteiger partial charge in [-0.3, -0.25) is 9.59 Å². The van der Waals surface area contributed by atoms with E-state index in [-0.39, 0.29) is 11.9 Å². The molecule has 1 fully saturated rings. The molecule has 0 aromatic rings. The molecule has 0 aromatic heterocycles. The summed E-state index contributed by atoms with van der Waals surface area (Å²) in [6.07, 6.45) is 5.04. The third-order valence-corrected chi connectivity index (χ3v) is 4.78. The molecular weight excluding hydrogens is 288 g/mol. The molecule has 1 heterocycles. The van der Waals surface area contributed by atoms with Crippen molar-refractivity contribution in [3.63, 3.8) is 0 Å². The smallest absolute Gasteiger partial charge is 0.322 e. The maximum atomic E-state index is 12.2. The van der Waals surface area contributed by atoms with Crippen LogP contribution in [0, 0.1) is 0 Å². The summed E-state index contributed by atoms with van der Waals surface area (Å²) in [7, 11) is 0. The number of rotatable bonds is 8. The molecule has 6 heteroatoms. The molecule has 1 saturated heterocycles. The first-order chi connectivity index (χ1) is 10.1. The summed E-state index contributed by atoms with van der Waals surface area (Å²) >= 11 is 1.55. The first kappa shape index (κ1) is 18.3. The van der Waals surface area contributed by atoms with Crippen molar-refractivity contribution in [3.8, 4) is 0 Å². The van der Waals surface area contributed by atoms with Gasteiger partial charge in [-0.1, -0.05) is 6.92 Å². The summed E-state index contributed by atoms with van der Waals surface area (Å²) in [6, 6.07) is -0.167. The van der Waals surface area contributed by atoms with Crippen LogP contribution in [0.25, 0.3) is 0 Å². The number of esters is 1. The van der Waals surface area contributed by atoms with Crippen molar-refractivity contribution < 1.29 is 14.3 Å². The molecule has 0 spiro atoms. The van der Waals surface area contributed by atoms with Crippen molar-refractivity contribution >= 4 is 23.6 Å². The molecule has 0 bridgehead atoms. The topological polar surface area (TPSA) is 72.6 Å². The van der Waals surface area contributed by atoms with E-state index in [9.17, 15) is 9.59 Å². The summed E-state index contributed by atoms with van der Waals surface area (Å²) in [4.78, 5) is 25.6. The molecule has 1 rings (SSSR count). The van der Waals surface area contributed by atoms with Crippen LogP contribution >= 0.6 is 11.8 Å². The summed E-state index contributed by atoms with van der Waals surface area (Å²) in [6.45, 7) is 5.15. The molecule has 2 unspecified atom stereocenters. The monoisotopic (exact) mass is 316 g/mol. The Hall–Kier alpha value is -0.750. The van der Waals surface area contributed by atoms with Crippen molar-refractivity contribution in [2.75, 3.05) is 24.7 Å². The zero-order chi connectivity index (χ0) is 15.7. The number of piperidine rings is 1. The summed E-state index contributed by atoms with van der Waals surface area (Å²) in [5, 5.41) is 0. The molecule has 2 N–H and O–H groups in total. The van der Waals surface area contributed by atoms with Gasteiger partial charge in [-0.25, -0.2) is 0 Å². The standard InChI is InChI=1S/C15H28N2O3S/c1-3-12-7-5-6-9-17(12)14(18)11-21-10-8-13(16)15(19)20-4-2/h12-13H,3-11,16H2,1-2H3. The highest BCUT2D eigenvalue weighted by molar-refractivity contribution is 7.99. The van der Waals surface area contributed by atoms with Gasteiger partial charge in [0.15, 0.2) is 0 Å². The van der Waals surface area contributed by atoms with Gasteiger partial charge < -0.3 is 15.4 Å². The van der Waals surface area contributed by atoms with Gasteiger partial charge in [0.25, 0.3) is 0 Å². The minimum atomic E-state index is -0.578. The Morgan fingerprint density at radius 3 is 2.81 bits per heavy atom. The fraction of sp³-hybridized carbons (Fsp3) is 0.867. The second-order valence-corrected chi connectivity index (χ2v) is 6.45. The highest BCUT2D eigenvalue weighted by atomic mass is 32.2. The second kappa shape index (κ2) is 10.1. The van der Waals surface area contributed by atoms with Crippen LogP contribution in [-0.4, -0.2) is 53.5 Å². The Kier molecular flexibility index (Phi) is 8.76. The molecular formula is C15H28N2O3S. The molecule has 2 atom stereocenters. The van der Waals surface area contributed by atoms with E-state index in [1.165, 1.54) is 6.42 Å². The molecule has 1 aliphatic heterocycles. The van der Waals surface area contributed by atoms with Crippen molar-refractivity contribution in [1.82, 2.24) is 4.90 Å². The Morgan fingerprint density at radius 1 is 1.38 bits per heavy atom. The molecule has 21 heavy (non-hydrogen) atoms. The van der Waals surface area contributed by atoms with E-state index in [0.717, 1.165) is 25.8 Å². The fourth-order valence-corrected chi connectivity index (χ4v) is 3.48. The molecule has 5 nitrogen and oxygen atoms in total. The van der Waals surface area contributed by atoms with Crippen molar-refractivity contribution in [1.29, 1.82) is 0 Å². The number of ether oxygens (including phenoxy) is 1. The van der Waals surface area contributed by atoms with E-state index in [1.807, 2.05) is 4.90 Å². The minimum absolute atomic E-state index is 0.219. The van der Waals surface area contributed by atoms with Gasteiger partial charge in [-0.2, -0.15) is 11.8 Å². The quantitative estimate of drug-likeness (QED) is 0.546. The maximum absolute atomic E-state index is 12.2. The van der Waals surface area contributed by atoms with Gasteiger partial charge in [-0.15, -0.1) is 0 Å². The summed E-state index contributed by atoms with van der Waals surface area (Å²) < 4.78 is 4.86. The summed E-state index contributed by atoms with van der Waals surface area (Å²) in [5.74, 6) is 1.05. The van der Waals surface area contributed by atoms with Gasteiger partial charge in [0.05, 0.1) is 12.4 Å². The number of carbonyl (C=O) groups excluding carboxylic acids is 2. The van der Waals surface area contributed by atoms with E-state index >= 15 is 0 Å². The van der Waals surface area contributed by atoms with Gasteiger partial charge in [0, 0.05) is 12.6 Å². The van der Waals surface area contributed by atoms with E-state index in [1.54, 1.807) is 18.7 Å². The summed E-state index contributed by atoms with van der Waals surface area (Å²) in [5.41, 5.74) is 5.72. The SMILES string of the molecule is CCOC(=O)C(N)CCSCC(=O)N1CCCCC1CC. The third kappa shape index (κ3) is 6.26. The lowest BCUT2D eigenvalue weighted by atomic mass is 10.0. The van der Waals surface area contributed by atoms with E-state index in [0.29, 0.717) is 30.6 Å². The predicted octanol–water partition coefficient (Wildman–Crippen LogP) is 1.79. The van der Waals surface area contributed by atoms with Crippen LogP contribution in [0.2, 0.25) is 0 Å². The number of likely N-dealkylation sites (tertiary alicyclic amines) is 1. The van der Waals surface area contributed by atoms with Crippen LogP contribution in [0.5, 0.6) is 0 Å². The van der Waals surface area contributed by atoms with Crippen molar-refractivity contribution in [2.45, 2.75) is 58.0 Å². The largest absolute Gasteiger partial charge is 0.465 e. The fourth-order valence-electron chi connectivity index (χ4n) is 2.57. The number of hydrogen-bond donors (Lipinski definition) is 1. The number of nitrogens with zero attached hydrogens (tertiary/aromatic N) is 1. The van der Waals surface area contributed by atoms with Crippen LogP contribution in [0.1, 0.15) is 46.0 Å². The Labute approximate surface area is 132 Å². The number of amides is 1. The first-order valence-electron chi connectivity index (χ1n) is 7.89. The average molecular weight is 316 g/mol. The minimum Gasteiger partial charge on any atom is -0.465 e. The van der Waals surface area contributed by atoms with E-state index in [2.05, 4.69) is 6.92 Å². The molecule has 1 aliphatic rings. The van der Waals surface area contributed by atoms with Gasteiger partial charge >= 0.3 is 5.97 Å². The number of thioether (sulfide) groups is 1. The lowest BCUT2D eigenvalue weighted by Gasteiger charge is -2.35. The average Bonchev–Trinajstić information content (AvgIpc) is 2.51. The zero-order valence-corrected chi connectivity index (χ0v) is 14.0. The van der Waals surface area contributed by atoms with Gasteiger partial charge in [0.1, 0.15) is 6.04 Å². The van der Waals surface area contributed by atoms with Crippen molar-refractivity contribution in [2.24, 2.45) is 5.73 Å². The Morgan fingerprint density at radius 2 is 2.14 bits per heavy atom. The lowest BCUT2D eigenvalue weighted by Crippen LogP contribution is -2.44. The van der Waals surface area contributed by atoms with Gasteiger partial charge in [0.2, 0.25) is 5.91 Å². The predicted molar refractivity (Wildman–Crippen MR) is 86.2 cm³/mol. The number of nitrogens with two attached hydrogens (primary N) is 1. The zero-order valence-electron chi connectivity index (χ0n) is 13.2. The van der Waals surface area contributed by atoms with Crippen LogP contribution in [0.3, 0.4) is 0 Å². The van der Waals surface area contributed by atoms with Gasteiger partial charge in [-0.05, 0) is 44.8 Å². The number of carbonyl (C=O) groups is 2. The lowest BCUT2D eigenvalue weighted by molar-refractivity contribution is -0.144. The molecule has 0 radical (unpaired) electrons. The molecule has 122 valence electrons. The third-order valence-electron chi connectivity index (χ3n) is 3.81. The highest BCUT2D eigenvalue weighted by Gasteiger charge is 2.25. The van der Waals surface area contributed by atoms with Crippen LogP contribution in [0.4, 0.5) is 0 Å². The maximum Gasteiger partial charge on any atom is 0.322 e. The van der Waals surface area contributed by atoms with Crippen molar-refractivity contribution in [3.05, 3.63) is 0 Å². The Bertz CT molecular complexity index is 339. The molecule has 0 aliphatic carbocycles. The van der Waals surface area contributed by atoms with E-state index < -0.39 is 6.04 Å². The molecule has 1 amide bonds. The molecule has 0 saturated carbocycles. The number of hydrogen-bond acceptors (Lipinski definition) is 5. The van der Waals surface area contributed by atoms with Crippen LogP contribution < -0.4 is 5.73 Å². The Balaban J connectivity index is 2.22.